The second kappa shape index (κ2) is 7.90. The van der Waals surface area contributed by atoms with Crippen LogP contribution in [0.4, 0.5) is 14.5 Å². The maximum atomic E-state index is 12.3. The number of carbonyl (C=O) groups is 1. The Labute approximate surface area is 132 Å². The number of nitriles is 1. The van der Waals surface area contributed by atoms with Crippen molar-refractivity contribution in [2.24, 2.45) is 0 Å². The first-order valence-corrected chi connectivity index (χ1v) is 6.91. The molecule has 0 unspecified atom stereocenters. The Morgan fingerprint density at radius 2 is 1.87 bits per heavy atom. The van der Waals surface area contributed by atoms with Crippen LogP contribution in [0.2, 0.25) is 0 Å². The molecule has 2 aromatic carbocycles. The quantitative estimate of drug-likeness (QED) is 0.883. The summed E-state index contributed by atoms with van der Waals surface area (Å²) in [5, 5.41) is 11.3. The molecule has 23 heavy (non-hydrogen) atoms. The molecule has 0 heterocycles. The molecule has 4 nitrogen and oxygen atoms in total. The molecular weight excluding hydrogens is 302 g/mol. The van der Waals surface area contributed by atoms with Gasteiger partial charge in [0.25, 0.3) is 0 Å². The standard InChI is InChI=1S/C17H14F2N2O2/c18-17(19)23-15-4-2-1-3-14(15)21-16(22)10-9-12-5-7-13(11-20)8-6-12/h1-8,17H,9-10H2,(H,21,22). The lowest BCUT2D eigenvalue weighted by Crippen LogP contribution is -2.14. The average Bonchev–Trinajstić information content (AvgIpc) is 2.55. The highest BCUT2D eigenvalue weighted by molar-refractivity contribution is 5.92. The summed E-state index contributed by atoms with van der Waals surface area (Å²) < 4.78 is 29.0. The van der Waals surface area contributed by atoms with Crippen molar-refractivity contribution in [1.29, 1.82) is 5.26 Å². The van der Waals surface area contributed by atoms with Crippen LogP contribution in [-0.2, 0) is 11.2 Å². The van der Waals surface area contributed by atoms with Crippen LogP contribution in [0.3, 0.4) is 0 Å². The van der Waals surface area contributed by atoms with Crippen molar-refractivity contribution in [3.8, 4) is 11.8 Å². The fraction of sp³-hybridized carbons (Fsp3) is 0.176. The highest BCUT2D eigenvalue weighted by atomic mass is 19.3. The summed E-state index contributed by atoms with van der Waals surface area (Å²) in [6, 6.07) is 15.0. The van der Waals surface area contributed by atoms with E-state index in [0.29, 0.717) is 12.0 Å². The maximum Gasteiger partial charge on any atom is 0.387 e. The third-order valence-electron chi connectivity index (χ3n) is 3.10. The van der Waals surface area contributed by atoms with Crippen LogP contribution < -0.4 is 10.1 Å². The van der Waals surface area contributed by atoms with E-state index in [0.717, 1.165) is 5.56 Å². The largest absolute Gasteiger partial charge is 0.433 e. The molecular formula is C17H14F2N2O2. The molecule has 2 aromatic rings. The summed E-state index contributed by atoms with van der Waals surface area (Å²) in [6.45, 7) is -2.95. The Morgan fingerprint density at radius 3 is 2.52 bits per heavy atom. The first-order chi connectivity index (χ1) is 11.1. The van der Waals surface area contributed by atoms with E-state index in [4.69, 9.17) is 5.26 Å². The molecule has 0 fully saturated rings. The van der Waals surface area contributed by atoms with Gasteiger partial charge in [0.2, 0.25) is 5.91 Å². The number of alkyl halides is 2. The third-order valence-corrected chi connectivity index (χ3v) is 3.10. The molecule has 118 valence electrons. The lowest BCUT2D eigenvalue weighted by atomic mass is 10.1. The van der Waals surface area contributed by atoms with Crippen LogP contribution in [0.25, 0.3) is 0 Å². The molecule has 0 saturated carbocycles. The number of ether oxygens (including phenoxy) is 1. The van der Waals surface area contributed by atoms with Gasteiger partial charge in [0.1, 0.15) is 5.75 Å². The van der Waals surface area contributed by atoms with Crippen molar-refractivity contribution < 1.29 is 18.3 Å². The van der Waals surface area contributed by atoms with Gasteiger partial charge in [-0.15, -0.1) is 0 Å². The number of para-hydroxylation sites is 2. The Balaban J connectivity index is 1.93. The third kappa shape index (κ3) is 5.08. The molecule has 6 heteroatoms. The van der Waals surface area contributed by atoms with Gasteiger partial charge in [-0.3, -0.25) is 4.79 Å². The Hall–Kier alpha value is -2.94. The number of nitrogens with zero attached hydrogens (tertiary/aromatic N) is 1. The molecule has 1 amide bonds. The average molecular weight is 316 g/mol. The van der Waals surface area contributed by atoms with Crippen LogP contribution in [0.5, 0.6) is 5.75 Å². The van der Waals surface area contributed by atoms with E-state index in [1.807, 2.05) is 6.07 Å². The normalized spacial score (nSPS) is 10.2. The Bertz CT molecular complexity index is 709. The molecule has 2 rings (SSSR count). The second-order valence-corrected chi connectivity index (χ2v) is 4.73. The highest BCUT2D eigenvalue weighted by Gasteiger charge is 2.11. The zero-order valence-electron chi connectivity index (χ0n) is 12.1. The number of halogens is 2. The highest BCUT2D eigenvalue weighted by Crippen LogP contribution is 2.25. The van der Waals surface area contributed by atoms with E-state index >= 15 is 0 Å². The molecule has 0 aliphatic heterocycles. The molecule has 0 aliphatic carbocycles. The zero-order valence-corrected chi connectivity index (χ0v) is 12.1. The predicted octanol–water partition coefficient (Wildman–Crippen LogP) is 3.73. The topological polar surface area (TPSA) is 62.1 Å². The van der Waals surface area contributed by atoms with E-state index < -0.39 is 6.61 Å². The smallest absolute Gasteiger partial charge is 0.387 e. The van der Waals surface area contributed by atoms with Gasteiger partial charge in [-0.25, -0.2) is 0 Å². The van der Waals surface area contributed by atoms with Crippen LogP contribution in [0.1, 0.15) is 17.5 Å². The summed E-state index contributed by atoms with van der Waals surface area (Å²) in [7, 11) is 0. The second-order valence-electron chi connectivity index (χ2n) is 4.73. The van der Waals surface area contributed by atoms with E-state index in [1.165, 1.54) is 12.1 Å². The zero-order chi connectivity index (χ0) is 16.7. The fourth-order valence-electron chi connectivity index (χ4n) is 1.99. The van der Waals surface area contributed by atoms with Crippen molar-refractivity contribution in [2.75, 3.05) is 5.32 Å². The first kappa shape index (κ1) is 16.4. The van der Waals surface area contributed by atoms with Gasteiger partial charge < -0.3 is 10.1 Å². The van der Waals surface area contributed by atoms with Crippen LogP contribution in [0, 0.1) is 11.3 Å². The molecule has 0 bridgehead atoms. The number of hydrogen-bond donors (Lipinski definition) is 1. The first-order valence-electron chi connectivity index (χ1n) is 6.91. The fourth-order valence-corrected chi connectivity index (χ4v) is 1.99. The number of aryl methyl sites for hydroxylation is 1. The van der Waals surface area contributed by atoms with Gasteiger partial charge in [-0.05, 0) is 36.2 Å². The Morgan fingerprint density at radius 1 is 1.17 bits per heavy atom. The van der Waals surface area contributed by atoms with Gasteiger partial charge in [0, 0.05) is 6.42 Å². The molecule has 0 aromatic heterocycles. The van der Waals surface area contributed by atoms with Crippen LogP contribution >= 0.6 is 0 Å². The van der Waals surface area contributed by atoms with Crippen molar-refractivity contribution in [2.45, 2.75) is 19.5 Å². The van der Waals surface area contributed by atoms with Crippen molar-refractivity contribution in [3.05, 3.63) is 59.7 Å². The molecule has 0 spiro atoms. The van der Waals surface area contributed by atoms with Crippen LogP contribution in [0.15, 0.2) is 48.5 Å². The van der Waals surface area contributed by atoms with Crippen molar-refractivity contribution in [3.63, 3.8) is 0 Å². The lowest BCUT2D eigenvalue weighted by Gasteiger charge is -2.11. The SMILES string of the molecule is N#Cc1ccc(CCC(=O)Nc2ccccc2OC(F)F)cc1. The summed E-state index contributed by atoms with van der Waals surface area (Å²) in [6.07, 6.45) is 0.671. The minimum atomic E-state index is -2.95. The summed E-state index contributed by atoms with van der Waals surface area (Å²) in [4.78, 5) is 11.9. The van der Waals surface area contributed by atoms with Crippen LogP contribution in [-0.4, -0.2) is 12.5 Å². The van der Waals surface area contributed by atoms with E-state index in [2.05, 4.69) is 10.1 Å². The van der Waals surface area contributed by atoms with Gasteiger partial charge in [-0.2, -0.15) is 14.0 Å². The number of hydrogen-bond acceptors (Lipinski definition) is 3. The molecule has 0 atom stereocenters. The van der Waals surface area contributed by atoms with Gasteiger partial charge in [0.05, 0.1) is 17.3 Å². The minimum Gasteiger partial charge on any atom is -0.433 e. The number of anilines is 1. The van der Waals surface area contributed by atoms with E-state index in [1.54, 1.807) is 36.4 Å². The molecule has 1 N–H and O–H groups in total. The van der Waals surface area contributed by atoms with Gasteiger partial charge in [-0.1, -0.05) is 24.3 Å². The van der Waals surface area contributed by atoms with E-state index in [9.17, 15) is 13.6 Å². The summed E-state index contributed by atoms with van der Waals surface area (Å²) >= 11 is 0. The summed E-state index contributed by atoms with van der Waals surface area (Å²) in [5.41, 5.74) is 1.67. The summed E-state index contributed by atoms with van der Waals surface area (Å²) in [5.74, 6) is -0.381. The number of benzene rings is 2. The van der Waals surface area contributed by atoms with Crippen molar-refractivity contribution >= 4 is 11.6 Å². The maximum absolute atomic E-state index is 12.3. The van der Waals surface area contributed by atoms with Gasteiger partial charge >= 0.3 is 6.61 Å². The predicted molar refractivity (Wildman–Crippen MR) is 81.2 cm³/mol. The molecule has 0 aliphatic rings. The van der Waals surface area contributed by atoms with E-state index in [-0.39, 0.29) is 23.8 Å². The Kier molecular flexibility index (Phi) is 5.64. The number of carbonyl (C=O) groups excluding carboxylic acids is 1. The molecule has 0 saturated heterocycles. The lowest BCUT2D eigenvalue weighted by molar-refractivity contribution is -0.116. The number of amides is 1. The minimum absolute atomic E-state index is 0.0748. The molecule has 0 radical (unpaired) electrons. The monoisotopic (exact) mass is 316 g/mol. The van der Waals surface area contributed by atoms with Crippen molar-refractivity contribution in [1.82, 2.24) is 0 Å². The number of rotatable bonds is 6. The number of nitrogens with one attached hydrogen (secondary N) is 1. The van der Waals surface area contributed by atoms with Gasteiger partial charge in [0.15, 0.2) is 0 Å².